The molecule has 4 N–H and O–H groups in total. The fourth-order valence-electron chi connectivity index (χ4n) is 3.20. The van der Waals surface area contributed by atoms with Gasteiger partial charge in [0.15, 0.2) is 5.72 Å². The van der Waals surface area contributed by atoms with Crippen LogP contribution in [-0.2, 0) is 0 Å². The predicted octanol–water partition coefficient (Wildman–Crippen LogP) is 2.89. The molecule has 0 spiro atoms. The average molecular weight is 315 g/mol. The first kappa shape index (κ1) is 15.8. The van der Waals surface area contributed by atoms with E-state index in [2.05, 4.69) is 4.90 Å². The van der Waals surface area contributed by atoms with Gasteiger partial charge in [-0.2, -0.15) is 0 Å². The number of fused-ring (bicyclic) bond motifs is 1. The van der Waals surface area contributed by atoms with Crippen LogP contribution in [0.5, 0.6) is 5.75 Å². The lowest BCUT2D eigenvalue weighted by Crippen LogP contribution is -2.54. The van der Waals surface area contributed by atoms with Gasteiger partial charge in [0.05, 0.1) is 6.04 Å². The van der Waals surface area contributed by atoms with E-state index in [1.165, 1.54) is 12.1 Å². The normalized spacial score (nSPS) is 24.1. The number of rotatable bonds is 3. The Morgan fingerprint density at radius 1 is 1.22 bits per heavy atom. The van der Waals surface area contributed by atoms with Crippen LogP contribution in [0.2, 0.25) is 0 Å². The minimum absolute atomic E-state index is 0.0449. The van der Waals surface area contributed by atoms with Crippen molar-refractivity contribution in [2.75, 3.05) is 19.3 Å². The number of hydrogen-bond acceptors (Lipinski definition) is 4. The first-order chi connectivity index (χ1) is 10.9. The Kier molecular flexibility index (Phi) is 4.00. The monoisotopic (exact) mass is 315 g/mol. The van der Waals surface area contributed by atoms with Crippen LogP contribution in [0, 0.1) is 5.82 Å². The van der Waals surface area contributed by atoms with E-state index >= 15 is 0 Å². The molecule has 0 saturated heterocycles. The number of anilines is 1. The lowest BCUT2D eigenvalue weighted by Gasteiger charge is -2.48. The number of halogens is 1. The summed E-state index contributed by atoms with van der Waals surface area (Å²) in [7, 11) is 2.00. The summed E-state index contributed by atoms with van der Waals surface area (Å²) in [5.74, 6) is 0.513. The summed E-state index contributed by atoms with van der Waals surface area (Å²) in [5.41, 5.74) is 13.8. The van der Waals surface area contributed by atoms with Gasteiger partial charge in [-0.25, -0.2) is 4.39 Å². The third-order valence-corrected chi connectivity index (χ3v) is 4.59. The lowest BCUT2D eigenvalue weighted by atomic mass is 9.91. The van der Waals surface area contributed by atoms with Crippen LogP contribution in [0.25, 0.3) is 0 Å². The van der Waals surface area contributed by atoms with Crippen LogP contribution in [0.1, 0.15) is 30.5 Å². The summed E-state index contributed by atoms with van der Waals surface area (Å²) in [6.07, 6.45) is 0.676. The van der Waals surface area contributed by atoms with Gasteiger partial charge in [0.2, 0.25) is 0 Å². The number of nitrogen functional groups attached to an aromatic ring is 1. The van der Waals surface area contributed by atoms with Gasteiger partial charge in [-0.15, -0.1) is 0 Å². The highest BCUT2D eigenvalue weighted by Crippen LogP contribution is 2.45. The number of benzene rings is 2. The van der Waals surface area contributed by atoms with Gasteiger partial charge in [0, 0.05) is 23.7 Å². The molecule has 5 heteroatoms. The van der Waals surface area contributed by atoms with Crippen LogP contribution in [0.3, 0.4) is 0 Å². The van der Waals surface area contributed by atoms with Crippen molar-refractivity contribution in [3.63, 3.8) is 0 Å². The fraction of sp³-hybridized carbons (Fsp3) is 0.333. The first-order valence-corrected chi connectivity index (χ1v) is 7.71. The van der Waals surface area contributed by atoms with Crippen molar-refractivity contribution >= 4 is 5.69 Å². The van der Waals surface area contributed by atoms with Gasteiger partial charge < -0.3 is 16.2 Å². The highest BCUT2D eigenvalue weighted by molar-refractivity contribution is 5.53. The largest absolute Gasteiger partial charge is 0.472 e. The lowest BCUT2D eigenvalue weighted by molar-refractivity contribution is -0.0934. The molecule has 2 aromatic rings. The van der Waals surface area contributed by atoms with Crippen molar-refractivity contribution in [1.82, 2.24) is 4.90 Å². The predicted molar refractivity (Wildman–Crippen MR) is 89.6 cm³/mol. The van der Waals surface area contributed by atoms with E-state index in [0.29, 0.717) is 18.7 Å². The van der Waals surface area contributed by atoms with Crippen molar-refractivity contribution in [1.29, 1.82) is 0 Å². The van der Waals surface area contributed by atoms with Crippen LogP contribution in [-0.4, -0.2) is 24.2 Å². The Bertz CT molecular complexity index is 704. The summed E-state index contributed by atoms with van der Waals surface area (Å²) in [5, 5.41) is 0. The number of hydrogen-bond donors (Lipinski definition) is 2. The third-order valence-electron chi connectivity index (χ3n) is 4.59. The topological polar surface area (TPSA) is 64.5 Å². The molecule has 1 aliphatic heterocycles. The number of nitrogens with zero attached hydrogens (tertiary/aromatic N) is 1. The zero-order valence-corrected chi connectivity index (χ0v) is 13.4. The van der Waals surface area contributed by atoms with Crippen LogP contribution in [0.15, 0.2) is 42.5 Å². The molecule has 3 rings (SSSR count). The molecular formula is C18H22FN3O. The van der Waals surface area contributed by atoms with Crippen LogP contribution in [0.4, 0.5) is 10.1 Å². The average Bonchev–Trinajstić information content (AvgIpc) is 2.50. The maximum absolute atomic E-state index is 13.3. The van der Waals surface area contributed by atoms with Crippen molar-refractivity contribution in [3.05, 3.63) is 59.4 Å². The Balaban J connectivity index is 2.13. The second kappa shape index (κ2) is 5.83. The van der Waals surface area contributed by atoms with Gasteiger partial charge in [0.25, 0.3) is 0 Å². The highest BCUT2D eigenvalue weighted by atomic mass is 19.1. The molecule has 122 valence electrons. The Morgan fingerprint density at radius 3 is 2.57 bits per heavy atom. The quantitative estimate of drug-likeness (QED) is 0.855. The minimum Gasteiger partial charge on any atom is -0.472 e. The molecule has 0 aliphatic carbocycles. The summed E-state index contributed by atoms with van der Waals surface area (Å²) in [4.78, 5) is 2.14. The molecule has 0 aromatic heterocycles. The van der Waals surface area contributed by atoms with E-state index in [-0.39, 0.29) is 11.9 Å². The van der Waals surface area contributed by atoms with Gasteiger partial charge in [-0.1, -0.05) is 18.2 Å². The Morgan fingerprint density at radius 2 is 1.91 bits per heavy atom. The molecule has 1 heterocycles. The van der Waals surface area contributed by atoms with Gasteiger partial charge in [-0.3, -0.25) is 4.90 Å². The first-order valence-electron chi connectivity index (χ1n) is 7.71. The molecule has 2 unspecified atom stereocenters. The molecule has 1 aliphatic rings. The van der Waals surface area contributed by atoms with E-state index in [1.54, 1.807) is 0 Å². The third kappa shape index (κ3) is 2.78. The van der Waals surface area contributed by atoms with E-state index in [0.717, 1.165) is 16.9 Å². The zero-order chi connectivity index (χ0) is 16.6. The molecule has 0 bridgehead atoms. The molecule has 0 fully saturated rings. The van der Waals surface area contributed by atoms with E-state index < -0.39 is 5.72 Å². The molecular weight excluding hydrogens is 293 g/mol. The van der Waals surface area contributed by atoms with Gasteiger partial charge in [-0.05, 0) is 44.3 Å². The Labute approximate surface area is 135 Å². The van der Waals surface area contributed by atoms with Crippen LogP contribution >= 0.6 is 0 Å². The van der Waals surface area contributed by atoms with E-state index in [1.807, 2.05) is 44.3 Å². The summed E-state index contributed by atoms with van der Waals surface area (Å²) in [6.45, 7) is 2.52. The highest BCUT2D eigenvalue weighted by Gasteiger charge is 2.42. The van der Waals surface area contributed by atoms with Crippen LogP contribution < -0.4 is 16.2 Å². The number of ether oxygens (including phenoxy) is 1. The fourth-order valence-corrected chi connectivity index (χ4v) is 3.20. The molecule has 23 heavy (non-hydrogen) atoms. The maximum atomic E-state index is 13.3. The molecule has 0 saturated carbocycles. The molecule has 4 nitrogen and oxygen atoms in total. The van der Waals surface area contributed by atoms with E-state index in [4.69, 9.17) is 16.2 Å². The second-order valence-electron chi connectivity index (χ2n) is 6.18. The SMILES string of the molecule is CN1C(c2ccc(F)cc2)c2ccc(N)cc2OC1(C)CCN. The second-order valence-corrected chi connectivity index (χ2v) is 6.18. The van der Waals surface area contributed by atoms with Gasteiger partial charge in [0.1, 0.15) is 11.6 Å². The summed E-state index contributed by atoms with van der Waals surface area (Å²) >= 11 is 0. The zero-order valence-electron chi connectivity index (χ0n) is 13.4. The van der Waals surface area contributed by atoms with Crippen molar-refractivity contribution in [2.45, 2.75) is 25.1 Å². The molecule has 0 radical (unpaired) electrons. The van der Waals surface area contributed by atoms with E-state index in [9.17, 15) is 4.39 Å². The smallest absolute Gasteiger partial charge is 0.162 e. The van der Waals surface area contributed by atoms with Crippen molar-refractivity contribution in [2.24, 2.45) is 5.73 Å². The molecule has 2 atom stereocenters. The number of nitrogens with two attached hydrogens (primary N) is 2. The standard InChI is InChI=1S/C18H22FN3O/c1-18(9-10-20)22(2)17(12-3-5-13(19)6-4-12)15-8-7-14(21)11-16(15)23-18/h3-8,11,17H,9-10,20-21H2,1-2H3. The van der Waals surface area contributed by atoms with Gasteiger partial charge >= 0.3 is 0 Å². The maximum Gasteiger partial charge on any atom is 0.162 e. The Hall–Kier alpha value is -2.11. The minimum atomic E-state index is -0.547. The summed E-state index contributed by atoms with van der Waals surface area (Å²) in [6, 6.07) is 12.2. The van der Waals surface area contributed by atoms with Crippen molar-refractivity contribution in [3.8, 4) is 5.75 Å². The molecule has 0 amide bonds. The van der Waals surface area contributed by atoms with Crippen molar-refractivity contribution < 1.29 is 9.13 Å². The molecule has 2 aromatic carbocycles. The summed E-state index contributed by atoms with van der Waals surface area (Å²) < 4.78 is 19.5.